The summed E-state index contributed by atoms with van der Waals surface area (Å²) in [6.45, 7) is 4.18. The molecule has 1 amide bonds. The number of carboxylic acid groups (broad SMARTS) is 1. The smallest absolute Gasteiger partial charge is 0.326 e. The number of aliphatic hydroxyl groups excluding tert-OH is 1. The van der Waals surface area contributed by atoms with Crippen molar-refractivity contribution in [1.29, 1.82) is 0 Å². The maximum atomic E-state index is 12.6. The van der Waals surface area contributed by atoms with E-state index in [1.807, 2.05) is 72.6 Å². The maximum absolute atomic E-state index is 12.6. The molecule has 0 aromatic heterocycles. The molecule has 0 radical (unpaired) electrons. The minimum atomic E-state index is -1.18. The number of carboxylic acids is 1. The summed E-state index contributed by atoms with van der Waals surface area (Å²) in [6.07, 6.45) is 6.16. The van der Waals surface area contributed by atoms with Crippen LogP contribution in [0, 0.1) is 0 Å². The van der Waals surface area contributed by atoms with E-state index in [4.69, 9.17) is 5.11 Å². The lowest BCUT2D eigenvalue weighted by molar-refractivity contribution is -0.141. The van der Waals surface area contributed by atoms with E-state index in [9.17, 15) is 19.5 Å². The van der Waals surface area contributed by atoms with Crippen LogP contribution in [-0.4, -0.2) is 59.5 Å². The Morgan fingerprint density at radius 1 is 1.05 bits per heavy atom. The van der Waals surface area contributed by atoms with Crippen molar-refractivity contribution in [2.24, 2.45) is 0 Å². The molecular weight excluding hydrogens is 470 g/mol. The minimum absolute atomic E-state index is 0.0240. The van der Waals surface area contributed by atoms with Crippen LogP contribution in [-0.2, 0) is 14.4 Å². The molecule has 2 aromatic rings. The van der Waals surface area contributed by atoms with Gasteiger partial charge in [0.2, 0.25) is 0 Å². The van der Waals surface area contributed by atoms with Gasteiger partial charge in [0.15, 0.2) is 6.29 Å². The van der Waals surface area contributed by atoms with E-state index < -0.39 is 17.9 Å². The topological polar surface area (TPSA) is 119 Å². The van der Waals surface area contributed by atoms with Gasteiger partial charge in [0.25, 0.3) is 5.91 Å². The molecule has 0 fully saturated rings. The van der Waals surface area contributed by atoms with Crippen molar-refractivity contribution in [3.8, 4) is 0 Å². The van der Waals surface area contributed by atoms with Crippen molar-refractivity contribution in [3.05, 3.63) is 108 Å². The van der Waals surface area contributed by atoms with Gasteiger partial charge < -0.3 is 25.7 Å². The predicted octanol–water partition coefficient (Wildman–Crippen LogP) is 3.18. The number of aliphatic hydroxyl groups is 1. The second-order valence-corrected chi connectivity index (χ2v) is 8.48. The summed E-state index contributed by atoms with van der Waals surface area (Å²) in [7, 11) is 1.90. The van der Waals surface area contributed by atoms with E-state index in [0.717, 1.165) is 11.1 Å². The van der Waals surface area contributed by atoms with Gasteiger partial charge in [0.05, 0.1) is 11.6 Å². The SMILES string of the molecule is C=C(CCO)NCCCC(NC(=O)/C(C=O)=C/C=C\N(C)C(c1ccccc1)c1ccccc1)C(=O)O. The molecule has 0 bridgehead atoms. The number of amides is 1. The van der Waals surface area contributed by atoms with Crippen LogP contribution in [0.4, 0.5) is 0 Å². The summed E-state index contributed by atoms with van der Waals surface area (Å²) in [5, 5.41) is 23.8. The van der Waals surface area contributed by atoms with Crippen molar-refractivity contribution in [1.82, 2.24) is 15.5 Å². The zero-order chi connectivity index (χ0) is 27.0. The van der Waals surface area contributed by atoms with Crippen LogP contribution in [0.3, 0.4) is 0 Å². The minimum Gasteiger partial charge on any atom is -0.480 e. The van der Waals surface area contributed by atoms with Crippen molar-refractivity contribution in [2.75, 3.05) is 20.2 Å². The summed E-state index contributed by atoms with van der Waals surface area (Å²) >= 11 is 0. The van der Waals surface area contributed by atoms with Gasteiger partial charge in [-0.15, -0.1) is 0 Å². The highest BCUT2D eigenvalue weighted by Gasteiger charge is 2.21. The summed E-state index contributed by atoms with van der Waals surface area (Å²) in [5.41, 5.74) is 2.64. The third-order valence-corrected chi connectivity index (χ3v) is 5.69. The first-order chi connectivity index (χ1) is 17.9. The molecule has 0 aliphatic carbocycles. The first kappa shape index (κ1) is 29.1. The Morgan fingerprint density at radius 3 is 2.16 bits per heavy atom. The zero-order valence-electron chi connectivity index (χ0n) is 21.0. The molecule has 0 saturated carbocycles. The Bertz CT molecular complexity index is 1040. The monoisotopic (exact) mass is 505 g/mol. The van der Waals surface area contributed by atoms with Crippen molar-refractivity contribution in [3.63, 3.8) is 0 Å². The van der Waals surface area contributed by atoms with Gasteiger partial charge in [-0.05, 0) is 42.3 Å². The van der Waals surface area contributed by atoms with Crippen LogP contribution in [0.15, 0.2) is 96.9 Å². The average molecular weight is 506 g/mol. The van der Waals surface area contributed by atoms with Crippen molar-refractivity contribution >= 4 is 18.2 Å². The fourth-order valence-corrected chi connectivity index (χ4v) is 3.76. The zero-order valence-corrected chi connectivity index (χ0v) is 21.0. The lowest BCUT2D eigenvalue weighted by Gasteiger charge is -2.28. The second kappa shape index (κ2) is 15.7. The number of aliphatic carboxylic acids is 1. The molecule has 0 spiro atoms. The van der Waals surface area contributed by atoms with E-state index in [1.54, 1.807) is 12.3 Å². The standard InChI is InChI=1S/C29H35N3O5/c1-22(17-20-33)30-18-9-16-26(29(36)37)31-28(35)25(21-34)15-10-19-32(2)27(23-11-5-3-6-12-23)24-13-7-4-8-14-24/h3-8,10-15,19,21,26-27,30,33H,1,9,16-18,20H2,2H3,(H,31,35)(H,36,37)/b19-10-,25-15+. The van der Waals surface area contributed by atoms with Gasteiger partial charge in [0.1, 0.15) is 6.04 Å². The van der Waals surface area contributed by atoms with E-state index >= 15 is 0 Å². The quantitative estimate of drug-likeness (QED) is 0.0691. The van der Waals surface area contributed by atoms with Crippen LogP contribution in [0.25, 0.3) is 0 Å². The van der Waals surface area contributed by atoms with Gasteiger partial charge in [-0.25, -0.2) is 4.79 Å². The molecule has 196 valence electrons. The van der Waals surface area contributed by atoms with E-state index in [1.165, 1.54) is 6.08 Å². The molecule has 2 rings (SSSR count). The summed E-state index contributed by atoms with van der Waals surface area (Å²) in [5.74, 6) is -1.94. The Morgan fingerprint density at radius 2 is 1.65 bits per heavy atom. The second-order valence-electron chi connectivity index (χ2n) is 8.48. The molecule has 0 aliphatic heterocycles. The Kier molecular flexibility index (Phi) is 12.4. The summed E-state index contributed by atoms with van der Waals surface area (Å²) < 4.78 is 0. The van der Waals surface area contributed by atoms with Crippen LogP contribution < -0.4 is 10.6 Å². The van der Waals surface area contributed by atoms with Crippen LogP contribution in [0.5, 0.6) is 0 Å². The van der Waals surface area contributed by atoms with Gasteiger partial charge in [-0.3, -0.25) is 9.59 Å². The van der Waals surface area contributed by atoms with E-state index in [-0.39, 0.29) is 24.6 Å². The first-order valence-corrected chi connectivity index (χ1v) is 12.1. The van der Waals surface area contributed by atoms with E-state index in [0.29, 0.717) is 31.4 Å². The van der Waals surface area contributed by atoms with Crippen molar-refractivity contribution in [2.45, 2.75) is 31.3 Å². The lowest BCUT2D eigenvalue weighted by Crippen LogP contribution is -2.42. The molecule has 4 N–H and O–H groups in total. The summed E-state index contributed by atoms with van der Waals surface area (Å²) in [6, 6.07) is 18.7. The highest BCUT2D eigenvalue weighted by atomic mass is 16.4. The Balaban J connectivity index is 2.05. The summed E-state index contributed by atoms with van der Waals surface area (Å²) in [4.78, 5) is 37.8. The van der Waals surface area contributed by atoms with Gasteiger partial charge in [0, 0.05) is 32.3 Å². The largest absolute Gasteiger partial charge is 0.480 e. The molecule has 1 unspecified atom stereocenters. The molecule has 8 heteroatoms. The van der Waals surface area contributed by atoms with Crippen LogP contribution in [0.2, 0.25) is 0 Å². The molecule has 0 aliphatic rings. The normalized spacial score (nSPS) is 12.2. The number of benzene rings is 2. The number of aldehydes is 1. The highest BCUT2D eigenvalue weighted by molar-refractivity contribution is 6.11. The molecule has 1 atom stereocenters. The number of hydrogen-bond donors (Lipinski definition) is 4. The van der Waals surface area contributed by atoms with Gasteiger partial charge >= 0.3 is 5.97 Å². The van der Waals surface area contributed by atoms with Crippen LogP contribution >= 0.6 is 0 Å². The van der Waals surface area contributed by atoms with Crippen molar-refractivity contribution < 1.29 is 24.6 Å². The van der Waals surface area contributed by atoms with Gasteiger partial charge in [-0.1, -0.05) is 67.2 Å². The lowest BCUT2D eigenvalue weighted by atomic mass is 9.98. The van der Waals surface area contributed by atoms with Crippen LogP contribution in [0.1, 0.15) is 36.4 Å². The number of carbonyl (C=O) groups is 3. The molecular formula is C29H35N3O5. The van der Waals surface area contributed by atoms with E-state index in [2.05, 4.69) is 17.2 Å². The Hall–Kier alpha value is -4.17. The molecule has 8 nitrogen and oxygen atoms in total. The number of hydrogen-bond acceptors (Lipinski definition) is 6. The number of nitrogens with zero attached hydrogens (tertiary/aromatic N) is 1. The number of rotatable bonds is 16. The number of allylic oxidation sites excluding steroid dienone is 2. The number of nitrogens with one attached hydrogen (secondary N) is 2. The predicted molar refractivity (Wildman–Crippen MR) is 143 cm³/mol. The fraction of sp³-hybridized carbons (Fsp3) is 0.276. The molecule has 37 heavy (non-hydrogen) atoms. The Labute approximate surface area is 218 Å². The fourth-order valence-electron chi connectivity index (χ4n) is 3.76. The molecule has 0 saturated heterocycles. The highest BCUT2D eigenvalue weighted by Crippen LogP contribution is 2.27. The maximum Gasteiger partial charge on any atom is 0.326 e. The third-order valence-electron chi connectivity index (χ3n) is 5.69. The molecule has 0 heterocycles. The average Bonchev–Trinajstić information content (AvgIpc) is 2.89. The number of carbonyl (C=O) groups excluding carboxylic acids is 2. The third kappa shape index (κ3) is 9.77. The molecule has 2 aromatic carbocycles. The van der Waals surface area contributed by atoms with Gasteiger partial charge in [-0.2, -0.15) is 0 Å². The first-order valence-electron chi connectivity index (χ1n) is 12.1.